The molecule has 0 saturated heterocycles. The molecule has 0 bridgehead atoms. The number of hydrazone groups is 1. The first-order chi connectivity index (χ1) is 15.5. The molecule has 7 heteroatoms. The van der Waals surface area contributed by atoms with E-state index in [1.165, 1.54) is 12.8 Å². The van der Waals surface area contributed by atoms with Crippen molar-refractivity contribution in [1.82, 2.24) is 5.32 Å². The quantitative estimate of drug-likeness (QED) is 0.441. The fourth-order valence-corrected chi connectivity index (χ4v) is 5.41. The Kier molecular flexibility index (Phi) is 7.65. The molecule has 0 spiro atoms. The predicted molar refractivity (Wildman–Crippen MR) is 134 cm³/mol. The van der Waals surface area contributed by atoms with E-state index in [0.29, 0.717) is 20.8 Å². The van der Waals surface area contributed by atoms with Gasteiger partial charge in [-0.25, -0.2) is 0 Å². The maximum Gasteiger partial charge on any atom is 0.268 e. The third kappa shape index (κ3) is 5.08. The van der Waals surface area contributed by atoms with Gasteiger partial charge in [-0.1, -0.05) is 79.5 Å². The SMILES string of the molecule is CC[C@H]1C(C(=O)NC2CCCCCC2)=NN(c2ccc(Cl)cc2Cl)[C@@H]1c1ccc(Cl)cc1. The average Bonchev–Trinajstić information content (AvgIpc) is 2.96. The van der Waals surface area contributed by atoms with Gasteiger partial charge in [0.2, 0.25) is 0 Å². The summed E-state index contributed by atoms with van der Waals surface area (Å²) in [5, 5.41) is 11.7. The van der Waals surface area contributed by atoms with Gasteiger partial charge in [-0.15, -0.1) is 0 Å². The summed E-state index contributed by atoms with van der Waals surface area (Å²) >= 11 is 18.8. The van der Waals surface area contributed by atoms with Crippen molar-refractivity contribution in [2.45, 2.75) is 64.0 Å². The number of hydrogen-bond acceptors (Lipinski definition) is 3. The van der Waals surface area contributed by atoms with Crippen LogP contribution in [-0.4, -0.2) is 17.7 Å². The lowest BCUT2D eigenvalue weighted by molar-refractivity contribution is -0.115. The van der Waals surface area contributed by atoms with Crippen LogP contribution in [0.5, 0.6) is 0 Å². The third-order valence-electron chi connectivity index (χ3n) is 6.44. The lowest BCUT2D eigenvalue weighted by Crippen LogP contribution is -2.41. The minimum Gasteiger partial charge on any atom is -0.348 e. The van der Waals surface area contributed by atoms with Gasteiger partial charge in [0, 0.05) is 22.0 Å². The lowest BCUT2D eigenvalue weighted by Gasteiger charge is -2.29. The zero-order valence-electron chi connectivity index (χ0n) is 18.2. The molecule has 1 aliphatic heterocycles. The first-order valence-electron chi connectivity index (χ1n) is 11.4. The van der Waals surface area contributed by atoms with E-state index in [-0.39, 0.29) is 23.9 Å². The van der Waals surface area contributed by atoms with Crippen molar-refractivity contribution in [3.8, 4) is 0 Å². The maximum absolute atomic E-state index is 13.4. The molecule has 2 aromatic carbocycles. The maximum atomic E-state index is 13.4. The highest BCUT2D eigenvalue weighted by molar-refractivity contribution is 6.41. The number of halogens is 3. The summed E-state index contributed by atoms with van der Waals surface area (Å²) in [6, 6.07) is 13.1. The average molecular weight is 493 g/mol. The molecule has 170 valence electrons. The summed E-state index contributed by atoms with van der Waals surface area (Å²) in [6.07, 6.45) is 7.64. The van der Waals surface area contributed by atoms with Gasteiger partial charge in [0.1, 0.15) is 5.71 Å². The number of carbonyl (C=O) groups excluding carboxylic acids is 1. The first kappa shape index (κ1) is 23.4. The molecule has 2 aliphatic rings. The Labute approximate surface area is 204 Å². The van der Waals surface area contributed by atoms with E-state index >= 15 is 0 Å². The summed E-state index contributed by atoms with van der Waals surface area (Å²) < 4.78 is 0. The molecule has 1 N–H and O–H groups in total. The van der Waals surface area contributed by atoms with E-state index in [4.69, 9.17) is 39.9 Å². The smallest absolute Gasteiger partial charge is 0.268 e. The molecular weight excluding hydrogens is 465 g/mol. The fraction of sp³-hybridized carbons (Fsp3) is 0.440. The van der Waals surface area contributed by atoms with Gasteiger partial charge in [0.05, 0.1) is 16.8 Å². The van der Waals surface area contributed by atoms with Crippen molar-refractivity contribution in [2.24, 2.45) is 11.0 Å². The molecule has 4 nitrogen and oxygen atoms in total. The van der Waals surface area contributed by atoms with Crippen LogP contribution in [0.3, 0.4) is 0 Å². The van der Waals surface area contributed by atoms with Crippen LogP contribution in [-0.2, 0) is 4.79 Å². The molecular formula is C25H28Cl3N3O. The molecule has 1 amide bonds. The normalized spacial score (nSPS) is 21.9. The van der Waals surface area contributed by atoms with Crippen molar-refractivity contribution in [2.75, 3.05) is 5.01 Å². The number of nitrogens with one attached hydrogen (secondary N) is 1. The Bertz CT molecular complexity index is 984. The monoisotopic (exact) mass is 491 g/mol. The molecule has 0 radical (unpaired) electrons. The zero-order valence-corrected chi connectivity index (χ0v) is 20.4. The summed E-state index contributed by atoms with van der Waals surface area (Å²) in [6.45, 7) is 2.09. The topological polar surface area (TPSA) is 44.7 Å². The van der Waals surface area contributed by atoms with Crippen LogP contribution in [0.15, 0.2) is 47.6 Å². The number of hydrogen-bond donors (Lipinski definition) is 1. The van der Waals surface area contributed by atoms with Crippen LogP contribution in [0.4, 0.5) is 5.69 Å². The predicted octanol–water partition coefficient (Wildman–Crippen LogP) is 7.43. The van der Waals surface area contributed by atoms with Gasteiger partial charge in [-0.3, -0.25) is 9.80 Å². The molecule has 0 aromatic heterocycles. The van der Waals surface area contributed by atoms with Gasteiger partial charge in [0.15, 0.2) is 0 Å². The Hall–Kier alpha value is -1.75. The van der Waals surface area contributed by atoms with E-state index < -0.39 is 0 Å². The standard InChI is InChI=1S/C25H28Cl3N3O/c1-2-20-23(25(32)29-19-7-5-3-4-6-8-19)30-31(22-14-13-18(27)15-21(22)28)24(20)16-9-11-17(26)12-10-16/h9-15,19-20,24H,2-8H2,1H3,(H,29,32)/t20-,24+/m0/s1. The number of rotatable bonds is 5. The van der Waals surface area contributed by atoms with Gasteiger partial charge in [-0.05, 0) is 55.2 Å². The van der Waals surface area contributed by atoms with Crippen LogP contribution in [0, 0.1) is 5.92 Å². The number of benzene rings is 2. The van der Waals surface area contributed by atoms with Crippen molar-refractivity contribution in [3.05, 3.63) is 63.1 Å². The van der Waals surface area contributed by atoms with Crippen LogP contribution in [0.1, 0.15) is 63.5 Å². The highest BCUT2D eigenvalue weighted by atomic mass is 35.5. The second-order valence-corrected chi connectivity index (χ2v) is 9.88. The van der Waals surface area contributed by atoms with E-state index in [1.54, 1.807) is 12.1 Å². The van der Waals surface area contributed by atoms with E-state index in [0.717, 1.165) is 43.4 Å². The number of amides is 1. The molecule has 2 atom stereocenters. The van der Waals surface area contributed by atoms with Crippen LogP contribution >= 0.6 is 34.8 Å². The van der Waals surface area contributed by atoms with Crippen molar-refractivity contribution < 1.29 is 4.79 Å². The second-order valence-electron chi connectivity index (χ2n) is 8.60. The van der Waals surface area contributed by atoms with E-state index in [9.17, 15) is 4.79 Å². The molecule has 1 fully saturated rings. The summed E-state index contributed by atoms with van der Waals surface area (Å²) in [7, 11) is 0. The molecule has 32 heavy (non-hydrogen) atoms. The van der Waals surface area contributed by atoms with Crippen molar-refractivity contribution in [3.63, 3.8) is 0 Å². The Morgan fingerprint density at radius 3 is 2.28 bits per heavy atom. The zero-order chi connectivity index (χ0) is 22.7. The van der Waals surface area contributed by atoms with Gasteiger partial charge < -0.3 is 5.32 Å². The van der Waals surface area contributed by atoms with Crippen molar-refractivity contribution in [1.29, 1.82) is 0 Å². The number of carbonyl (C=O) groups is 1. The van der Waals surface area contributed by atoms with Gasteiger partial charge in [0.25, 0.3) is 5.91 Å². The van der Waals surface area contributed by atoms with E-state index in [1.807, 2.05) is 35.3 Å². The third-order valence-corrected chi connectivity index (χ3v) is 7.23. The highest BCUT2D eigenvalue weighted by Crippen LogP contribution is 2.43. The minimum absolute atomic E-state index is 0.0738. The van der Waals surface area contributed by atoms with Crippen LogP contribution in [0.25, 0.3) is 0 Å². The lowest BCUT2D eigenvalue weighted by atomic mass is 9.87. The molecule has 1 heterocycles. The Balaban J connectivity index is 1.70. The molecule has 4 rings (SSSR count). The largest absolute Gasteiger partial charge is 0.348 e. The number of nitrogens with zero attached hydrogens (tertiary/aromatic N) is 2. The van der Waals surface area contributed by atoms with Crippen molar-refractivity contribution >= 4 is 52.1 Å². The second kappa shape index (κ2) is 10.5. The Morgan fingerprint density at radius 2 is 1.66 bits per heavy atom. The van der Waals surface area contributed by atoms with Gasteiger partial charge in [-0.2, -0.15) is 5.10 Å². The number of anilines is 1. The molecule has 0 unspecified atom stereocenters. The van der Waals surface area contributed by atoms with Crippen LogP contribution in [0.2, 0.25) is 15.1 Å². The van der Waals surface area contributed by atoms with Gasteiger partial charge >= 0.3 is 0 Å². The summed E-state index contributed by atoms with van der Waals surface area (Å²) in [5.41, 5.74) is 2.32. The highest BCUT2D eigenvalue weighted by Gasteiger charge is 2.42. The molecule has 1 saturated carbocycles. The summed E-state index contributed by atoms with van der Waals surface area (Å²) in [4.78, 5) is 13.4. The van der Waals surface area contributed by atoms with Crippen LogP contribution < -0.4 is 10.3 Å². The molecule has 1 aliphatic carbocycles. The summed E-state index contributed by atoms with van der Waals surface area (Å²) in [5.74, 6) is -0.149. The fourth-order valence-electron chi connectivity index (χ4n) is 4.79. The molecule has 2 aromatic rings. The van der Waals surface area contributed by atoms with E-state index in [2.05, 4.69) is 12.2 Å². The Morgan fingerprint density at radius 1 is 1.00 bits per heavy atom. The first-order valence-corrected chi connectivity index (χ1v) is 12.5. The minimum atomic E-state index is -0.161.